The van der Waals surface area contributed by atoms with E-state index >= 15 is 0 Å². The van der Waals surface area contributed by atoms with Crippen LogP contribution in [-0.4, -0.2) is 12.6 Å². The minimum absolute atomic E-state index is 0.566. The molecule has 1 fully saturated rings. The first kappa shape index (κ1) is 11.2. The lowest BCUT2D eigenvalue weighted by molar-refractivity contribution is 0.577. The van der Waals surface area contributed by atoms with Crippen molar-refractivity contribution in [3.63, 3.8) is 0 Å². The zero-order valence-electron chi connectivity index (χ0n) is 10.7. The number of benzene rings is 1. The van der Waals surface area contributed by atoms with E-state index in [0.29, 0.717) is 11.6 Å². The number of anilines is 1. The highest BCUT2D eigenvalue weighted by Crippen LogP contribution is 2.35. The van der Waals surface area contributed by atoms with E-state index in [1.165, 1.54) is 18.5 Å². The van der Waals surface area contributed by atoms with Crippen molar-refractivity contribution in [3.05, 3.63) is 29.5 Å². The van der Waals surface area contributed by atoms with Crippen LogP contribution in [0.3, 0.4) is 0 Å². The van der Waals surface area contributed by atoms with Crippen LogP contribution in [-0.2, 0) is 0 Å². The second-order valence-corrected chi connectivity index (χ2v) is 5.03. The Morgan fingerprint density at radius 1 is 1.44 bits per heavy atom. The molecule has 1 saturated heterocycles. The highest BCUT2D eigenvalue weighted by Gasteiger charge is 2.23. The fourth-order valence-electron chi connectivity index (χ4n) is 2.86. The van der Waals surface area contributed by atoms with Gasteiger partial charge in [-0.2, -0.15) is 5.26 Å². The molecule has 0 radical (unpaired) electrons. The third-order valence-corrected chi connectivity index (χ3v) is 3.77. The van der Waals surface area contributed by atoms with Gasteiger partial charge in [-0.1, -0.05) is 0 Å². The molecule has 1 unspecified atom stereocenters. The first-order valence-corrected chi connectivity index (χ1v) is 6.40. The summed E-state index contributed by atoms with van der Waals surface area (Å²) in [4.78, 5) is 2.42. The molecule has 2 heterocycles. The predicted octanol–water partition coefficient (Wildman–Crippen LogP) is 3.60. The van der Waals surface area contributed by atoms with Crippen molar-refractivity contribution in [1.82, 2.24) is 0 Å². The maximum Gasteiger partial charge on any atom is 0.154 e. The first-order valence-electron chi connectivity index (χ1n) is 6.40. The van der Waals surface area contributed by atoms with E-state index in [2.05, 4.69) is 24.0 Å². The Hall–Kier alpha value is -1.95. The highest BCUT2D eigenvalue weighted by molar-refractivity contribution is 5.95. The largest absolute Gasteiger partial charge is 0.460 e. The van der Waals surface area contributed by atoms with Gasteiger partial charge < -0.3 is 9.32 Å². The van der Waals surface area contributed by atoms with Gasteiger partial charge in [0.25, 0.3) is 0 Å². The third-order valence-electron chi connectivity index (χ3n) is 3.77. The Morgan fingerprint density at radius 2 is 2.28 bits per heavy atom. The average Bonchev–Trinajstić information content (AvgIpc) is 2.93. The van der Waals surface area contributed by atoms with E-state index in [9.17, 15) is 0 Å². The van der Waals surface area contributed by atoms with E-state index in [-0.39, 0.29) is 0 Å². The van der Waals surface area contributed by atoms with Crippen LogP contribution in [0.5, 0.6) is 0 Å². The molecule has 92 valence electrons. The summed E-state index contributed by atoms with van der Waals surface area (Å²) in [6, 6.07) is 8.72. The van der Waals surface area contributed by atoms with Gasteiger partial charge >= 0.3 is 0 Å². The van der Waals surface area contributed by atoms with Gasteiger partial charge in [0, 0.05) is 23.7 Å². The van der Waals surface area contributed by atoms with Crippen molar-refractivity contribution in [3.8, 4) is 6.07 Å². The van der Waals surface area contributed by atoms with Crippen LogP contribution in [0.25, 0.3) is 11.0 Å². The zero-order valence-corrected chi connectivity index (χ0v) is 10.7. The molecule has 3 rings (SSSR count). The quantitative estimate of drug-likeness (QED) is 0.764. The van der Waals surface area contributed by atoms with Crippen LogP contribution in [0.4, 0.5) is 5.69 Å². The van der Waals surface area contributed by atoms with Crippen molar-refractivity contribution < 1.29 is 4.42 Å². The number of nitriles is 1. The Bertz CT molecular complexity index is 636. The number of rotatable bonds is 1. The molecule has 1 aromatic carbocycles. The fourth-order valence-corrected chi connectivity index (χ4v) is 2.86. The van der Waals surface area contributed by atoms with Crippen LogP contribution in [0.2, 0.25) is 0 Å². The van der Waals surface area contributed by atoms with E-state index in [1.807, 2.05) is 19.1 Å². The van der Waals surface area contributed by atoms with Gasteiger partial charge in [-0.3, -0.25) is 0 Å². The summed E-state index contributed by atoms with van der Waals surface area (Å²) in [7, 11) is 0. The Kier molecular flexibility index (Phi) is 2.52. The fraction of sp³-hybridized carbons (Fsp3) is 0.400. The van der Waals surface area contributed by atoms with Gasteiger partial charge in [0.2, 0.25) is 0 Å². The number of nitrogens with zero attached hydrogens (tertiary/aromatic N) is 2. The van der Waals surface area contributed by atoms with Crippen molar-refractivity contribution >= 4 is 16.7 Å². The third kappa shape index (κ3) is 1.57. The number of aryl methyl sites for hydroxylation is 1. The minimum atomic E-state index is 0.566. The molecule has 0 aliphatic carbocycles. The maximum atomic E-state index is 9.13. The molecular formula is C15H16N2O. The second kappa shape index (κ2) is 4.06. The van der Waals surface area contributed by atoms with Gasteiger partial charge in [0.15, 0.2) is 5.58 Å². The number of hydrogen-bond acceptors (Lipinski definition) is 3. The highest BCUT2D eigenvalue weighted by atomic mass is 16.3. The summed E-state index contributed by atoms with van der Waals surface area (Å²) in [6.07, 6.45) is 2.47. The topological polar surface area (TPSA) is 40.2 Å². The van der Waals surface area contributed by atoms with Crippen LogP contribution < -0.4 is 4.90 Å². The minimum Gasteiger partial charge on any atom is -0.460 e. The van der Waals surface area contributed by atoms with Crippen LogP contribution >= 0.6 is 0 Å². The molecule has 0 saturated carbocycles. The van der Waals surface area contributed by atoms with Crippen LogP contribution in [0.15, 0.2) is 22.6 Å². The standard InChI is InChI=1S/C15H16N2O/c1-10-4-3-7-17(10)14-6-5-12(9-16)15-13(14)8-11(2)18-15/h5-6,8,10H,3-4,7H2,1-2H3. The van der Waals surface area contributed by atoms with E-state index in [4.69, 9.17) is 9.68 Å². The van der Waals surface area contributed by atoms with Gasteiger partial charge in [0.05, 0.1) is 5.56 Å². The first-order chi connectivity index (χ1) is 8.70. The molecule has 0 amide bonds. The lowest BCUT2D eigenvalue weighted by Crippen LogP contribution is -2.26. The molecule has 2 aromatic rings. The molecule has 18 heavy (non-hydrogen) atoms. The molecule has 1 aromatic heterocycles. The van der Waals surface area contributed by atoms with Gasteiger partial charge in [-0.25, -0.2) is 0 Å². The summed E-state index contributed by atoms with van der Waals surface area (Å²) in [5.74, 6) is 0.862. The second-order valence-electron chi connectivity index (χ2n) is 5.03. The zero-order chi connectivity index (χ0) is 12.7. The molecule has 1 aliphatic heterocycles. The van der Waals surface area contributed by atoms with Crippen LogP contribution in [0, 0.1) is 18.3 Å². The smallest absolute Gasteiger partial charge is 0.154 e. The lowest BCUT2D eigenvalue weighted by atomic mass is 10.1. The Morgan fingerprint density at radius 3 is 2.94 bits per heavy atom. The SMILES string of the molecule is Cc1cc2c(N3CCCC3C)ccc(C#N)c2o1. The number of furan rings is 1. The summed E-state index contributed by atoms with van der Waals surface area (Å²) >= 11 is 0. The summed E-state index contributed by atoms with van der Waals surface area (Å²) < 4.78 is 5.68. The lowest BCUT2D eigenvalue weighted by Gasteiger charge is -2.24. The molecule has 0 N–H and O–H groups in total. The van der Waals surface area contributed by atoms with Crippen LogP contribution in [0.1, 0.15) is 31.1 Å². The van der Waals surface area contributed by atoms with E-state index in [1.54, 1.807) is 0 Å². The predicted molar refractivity (Wildman–Crippen MR) is 71.7 cm³/mol. The van der Waals surface area contributed by atoms with Gasteiger partial charge in [0.1, 0.15) is 11.8 Å². The number of fused-ring (bicyclic) bond motifs is 1. The Balaban J connectivity index is 2.22. The van der Waals surface area contributed by atoms with Crippen molar-refractivity contribution in [2.75, 3.05) is 11.4 Å². The molecule has 1 atom stereocenters. The van der Waals surface area contributed by atoms with Gasteiger partial charge in [-0.05, 0) is 44.9 Å². The summed E-state index contributed by atoms with van der Waals surface area (Å²) in [6.45, 7) is 5.27. The molecule has 0 spiro atoms. The summed E-state index contributed by atoms with van der Waals surface area (Å²) in [5.41, 5.74) is 2.55. The van der Waals surface area contributed by atoms with Crippen molar-refractivity contribution in [2.45, 2.75) is 32.7 Å². The van der Waals surface area contributed by atoms with Gasteiger partial charge in [-0.15, -0.1) is 0 Å². The molecule has 1 aliphatic rings. The molecule has 0 bridgehead atoms. The number of hydrogen-bond donors (Lipinski definition) is 0. The average molecular weight is 240 g/mol. The maximum absolute atomic E-state index is 9.13. The van der Waals surface area contributed by atoms with Crippen molar-refractivity contribution in [1.29, 1.82) is 5.26 Å². The monoisotopic (exact) mass is 240 g/mol. The molecule has 3 heteroatoms. The Labute approximate surface area is 107 Å². The summed E-state index contributed by atoms with van der Waals surface area (Å²) in [5, 5.41) is 10.2. The van der Waals surface area contributed by atoms with E-state index < -0.39 is 0 Å². The van der Waals surface area contributed by atoms with E-state index in [0.717, 1.165) is 23.3 Å². The molecular weight excluding hydrogens is 224 g/mol. The van der Waals surface area contributed by atoms with Crippen molar-refractivity contribution in [2.24, 2.45) is 0 Å². The molecule has 3 nitrogen and oxygen atoms in total. The normalized spacial score (nSPS) is 19.4.